The topological polar surface area (TPSA) is 70.7 Å². The van der Waals surface area contributed by atoms with E-state index in [9.17, 15) is 9.59 Å². The van der Waals surface area contributed by atoms with E-state index >= 15 is 0 Å². The molecular weight excluding hydrogens is 326 g/mol. The van der Waals surface area contributed by atoms with Gasteiger partial charge >= 0.3 is 6.03 Å². The predicted molar refractivity (Wildman–Crippen MR) is 93.4 cm³/mol. The highest BCUT2D eigenvalue weighted by Crippen LogP contribution is 2.25. The second kappa shape index (κ2) is 7.35. The number of benzene rings is 1. The van der Waals surface area contributed by atoms with Gasteiger partial charge in [-0.15, -0.1) is 11.3 Å². The molecule has 1 aliphatic heterocycles. The molecule has 0 saturated carbocycles. The van der Waals surface area contributed by atoms with Gasteiger partial charge in [-0.05, 0) is 23.6 Å². The highest BCUT2D eigenvalue weighted by Gasteiger charge is 2.31. The third kappa shape index (κ3) is 3.86. The molecular formula is C17H19N3O3S. The number of amides is 3. The molecule has 3 rings (SSSR count). The molecule has 7 heteroatoms. The smallest absolute Gasteiger partial charge is 0.315 e. The normalized spacial score (nSPS) is 17.0. The largest absolute Gasteiger partial charge is 0.497 e. The number of nitrogens with one attached hydrogen (secondary N) is 2. The summed E-state index contributed by atoms with van der Waals surface area (Å²) in [4.78, 5) is 27.0. The Kier molecular flexibility index (Phi) is 5.00. The van der Waals surface area contributed by atoms with Crippen LogP contribution in [0.1, 0.15) is 11.3 Å². The van der Waals surface area contributed by atoms with Crippen molar-refractivity contribution in [2.45, 2.75) is 19.0 Å². The Morgan fingerprint density at radius 1 is 1.38 bits per heavy atom. The number of carbonyl (C=O) groups is 2. The summed E-state index contributed by atoms with van der Waals surface area (Å²) in [5, 5.41) is 7.64. The SMILES string of the molecule is COc1cccc(N2C[C@H](NC(=O)NCc3cccs3)CC2=O)c1. The van der Waals surface area contributed by atoms with E-state index in [1.165, 1.54) is 0 Å². The van der Waals surface area contributed by atoms with Crippen molar-refractivity contribution in [3.8, 4) is 5.75 Å². The van der Waals surface area contributed by atoms with Gasteiger partial charge in [0, 0.05) is 29.6 Å². The van der Waals surface area contributed by atoms with Crippen molar-refractivity contribution in [2.75, 3.05) is 18.6 Å². The van der Waals surface area contributed by atoms with E-state index in [-0.39, 0.29) is 18.0 Å². The molecule has 0 unspecified atom stereocenters. The Hall–Kier alpha value is -2.54. The number of anilines is 1. The van der Waals surface area contributed by atoms with Gasteiger partial charge in [-0.1, -0.05) is 12.1 Å². The lowest BCUT2D eigenvalue weighted by Crippen LogP contribution is -2.43. The van der Waals surface area contributed by atoms with E-state index in [1.54, 1.807) is 23.3 Å². The van der Waals surface area contributed by atoms with Gasteiger partial charge < -0.3 is 20.3 Å². The van der Waals surface area contributed by atoms with Crippen molar-refractivity contribution in [3.63, 3.8) is 0 Å². The lowest BCUT2D eigenvalue weighted by molar-refractivity contribution is -0.117. The van der Waals surface area contributed by atoms with Crippen LogP contribution in [0.2, 0.25) is 0 Å². The van der Waals surface area contributed by atoms with Crippen LogP contribution in [0.5, 0.6) is 5.75 Å². The Morgan fingerprint density at radius 2 is 2.25 bits per heavy atom. The molecule has 126 valence electrons. The number of ether oxygens (including phenoxy) is 1. The van der Waals surface area contributed by atoms with Crippen LogP contribution < -0.4 is 20.3 Å². The molecule has 0 radical (unpaired) electrons. The van der Waals surface area contributed by atoms with Gasteiger partial charge in [0.2, 0.25) is 5.91 Å². The molecule has 24 heavy (non-hydrogen) atoms. The highest BCUT2D eigenvalue weighted by atomic mass is 32.1. The zero-order chi connectivity index (χ0) is 16.9. The highest BCUT2D eigenvalue weighted by molar-refractivity contribution is 7.09. The molecule has 0 spiro atoms. The van der Waals surface area contributed by atoms with Crippen molar-refractivity contribution < 1.29 is 14.3 Å². The predicted octanol–water partition coefficient (Wildman–Crippen LogP) is 2.36. The average Bonchev–Trinajstić information content (AvgIpc) is 3.22. The zero-order valence-corrected chi connectivity index (χ0v) is 14.1. The number of urea groups is 1. The van der Waals surface area contributed by atoms with Crippen LogP contribution in [0.4, 0.5) is 10.5 Å². The lowest BCUT2D eigenvalue weighted by atomic mass is 10.2. The van der Waals surface area contributed by atoms with Crippen molar-refractivity contribution in [1.29, 1.82) is 0 Å². The molecule has 0 aliphatic carbocycles. The summed E-state index contributed by atoms with van der Waals surface area (Å²) in [5.41, 5.74) is 0.780. The minimum atomic E-state index is -0.256. The monoisotopic (exact) mass is 345 g/mol. The Morgan fingerprint density at radius 3 is 3.00 bits per heavy atom. The standard InChI is InChI=1S/C17H19N3O3S/c1-23-14-5-2-4-13(9-14)20-11-12(8-16(20)21)19-17(22)18-10-15-6-3-7-24-15/h2-7,9,12H,8,10-11H2,1H3,(H2,18,19,22)/t12-/m1/s1. The number of methoxy groups -OCH3 is 1. The fourth-order valence-electron chi connectivity index (χ4n) is 2.65. The third-order valence-electron chi connectivity index (χ3n) is 3.83. The number of rotatable bonds is 5. The number of nitrogens with zero attached hydrogens (tertiary/aromatic N) is 1. The second-order valence-electron chi connectivity index (χ2n) is 5.51. The molecule has 0 bridgehead atoms. The van der Waals surface area contributed by atoms with Gasteiger partial charge in [-0.3, -0.25) is 4.79 Å². The van der Waals surface area contributed by atoms with Crippen LogP contribution in [0.25, 0.3) is 0 Å². The van der Waals surface area contributed by atoms with E-state index in [0.717, 1.165) is 10.6 Å². The summed E-state index contributed by atoms with van der Waals surface area (Å²) < 4.78 is 5.19. The summed E-state index contributed by atoms with van der Waals surface area (Å²) >= 11 is 1.59. The van der Waals surface area contributed by atoms with E-state index in [4.69, 9.17) is 4.74 Å². The first kappa shape index (κ1) is 16.3. The molecule has 2 heterocycles. The fourth-order valence-corrected chi connectivity index (χ4v) is 3.29. The lowest BCUT2D eigenvalue weighted by Gasteiger charge is -2.18. The van der Waals surface area contributed by atoms with Crippen LogP contribution in [0, 0.1) is 0 Å². The van der Waals surface area contributed by atoms with Crippen LogP contribution in [0.3, 0.4) is 0 Å². The van der Waals surface area contributed by atoms with Crippen LogP contribution in [0.15, 0.2) is 41.8 Å². The number of hydrogen-bond acceptors (Lipinski definition) is 4. The van der Waals surface area contributed by atoms with Gasteiger partial charge in [0.15, 0.2) is 0 Å². The van der Waals surface area contributed by atoms with Gasteiger partial charge in [-0.25, -0.2) is 4.79 Å². The molecule has 2 aromatic rings. The minimum Gasteiger partial charge on any atom is -0.497 e. The maximum Gasteiger partial charge on any atom is 0.315 e. The van der Waals surface area contributed by atoms with Crippen LogP contribution in [-0.4, -0.2) is 31.6 Å². The van der Waals surface area contributed by atoms with Gasteiger partial charge in [0.05, 0.1) is 19.7 Å². The Balaban J connectivity index is 1.55. The van der Waals surface area contributed by atoms with E-state index in [0.29, 0.717) is 25.3 Å². The van der Waals surface area contributed by atoms with Crippen molar-refractivity contribution >= 4 is 29.0 Å². The Bertz CT molecular complexity index is 718. The number of carbonyl (C=O) groups excluding carboxylic acids is 2. The first-order valence-corrected chi connectivity index (χ1v) is 8.55. The van der Waals surface area contributed by atoms with Crippen LogP contribution in [-0.2, 0) is 11.3 Å². The third-order valence-corrected chi connectivity index (χ3v) is 4.70. The van der Waals surface area contributed by atoms with Crippen molar-refractivity contribution in [1.82, 2.24) is 10.6 Å². The molecule has 1 fully saturated rings. The fraction of sp³-hybridized carbons (Fsp3) is 0.294. The molecule has 6 nitrogen and oxygen atoms in total. The maximum atomic E-state index is 12.2. The van der Waals surface area contributed by atoms with Gasteiger partial charge in [0.25, 0.3) is 0 Å². The summed E-state index contributed by atoms with van der Waals surface area (Å²) in [5.74, 6) is 0.692. The average molecular weight is 345 g/mol. The number of hydrogen-bond donors (Lipinski definition) is 2. The molecule has 1 atom stereocenters. The summed E-state index contributed by atoms with van der Waals surface area (Å²) in [6.45, 7) is 0.947. The summed E-state index contributed by atoms with van der Waals surface area (Å²) in [6, 6.07) is 10.8. The maximum absolute atomic E-state index is 12.2. The minimum absolute atomic E-state index is 0.00758. The Labute approximate surface area is 144 Å². The first-order valence-electron chi connectivity index (χ1n) is 7.67. The van der Waals surface area contributed by atoms with E-state index < -0.39 is 0 Å². The zero-order valence-electron chi connectivity index (χ0n) is 13.3. The van der Waals surface area contributed by atoms with Crippen molar-refractivity contribution in [3.05, 3.63) is 46.7 Å². The van der Waals surface area contributed by atoms with E-state index in [1.807, 2.05) is 41.8 Å². The van der Waals surface area contributed by atoms with E-state index in [2.05, 4.69) is 10.6 Å². The van der Waals surface area contributed by atoms with Crippen molar-refractivity contribution in [2.24, 2.45) is 0 Å². The molecule has 1 aromatic carbocycles. The summed E-state index contributed by atoms with van der Waals surface area (Å²) in [6.07, 6.45) is 0.295. The number of thiophene rings is 1. The second-order valence-corrected chi connectivity index (χ2v) is 6.55. The summed E-state index contributed by atoms with van der Waals surface area (Å²) in [7, 11) is 1.59. The quantitative estimate of drug-likeness (QED) is 0.874. The molecule has 1 aliphatic rings. The molecule has 3 amide bonds. The molecule has 1 saturated heterocycles. The molecule has 2 N–H and O–H groups in total. The van der Waals surface area contributed by atoms with Crippen LogP contribution >= 0.6 is 11.3 Å². The van der Waals surface area contributed by atoms with Gasteiger partial charge in [0.1, 0.15) is 5.75 Å². The molecule has 1 aromatic heterocycles. The van der Waals surface area contributed by atoms with Gasteiger partial charge in [-0.2, -0.15) is 0 Å². The first-order chi connectivity index (χ1) is 11.7.